The number of hydrogen-bond acceptors (Lipinski definition) is 2. The Morgan fingerprint density at radius 2 is 1.09 bits per heavy atom. The van der Waals surface area contributed by atoms with Gasteiger partial charge in [0.25, 0.3) is 0 Å². The molecule has 0 aromatic heterocycles. The minimum atomic E-state index is -0.0731. The van der Waals surface area contributed by atoms with Crippen LogP contribution in [0.4, 0.5) is 0 Å². The molecule has 104 valence electrons. The highest BCUT2D eigenvalue weighted by Crippen LogP contribution is 2.45. The van der Waals surface area contributed by atoms with Gasteiger partial charge in [0, 0.05) is 10.8 Å². The fraction of sp³-hybridized carbons (Fsp3) is 0. The molecule has 0 amide bonds. The maximum absolute atomic E-state index is 10.2. The normalized spacial score (nSPS) is 12.0. The molecule has 0 saturated heterocycles. The third-order valence-corrected chi connectivity index (χ3v) is 4.60. The van der Waals surface area contributed by atoms with E-state index in [4.69, 9.17) is 0 Å². The zero-order chi connectivity index (χ0) is 14.8. The van der Waals surface area contributed by atoms with Crippen molar-refractivity contribution in [1.29, 1.82) is 0 Å². The first-order valence-electron chi connectivity index (χ1n) is 7.26. The molecule has 5 rings (SSSR count). The quantitative estimate of drug-likeness (QED) is 0.234. The third-order valence-electron chi connectivity index (χ3n) is 4.60. The fourth-order valence-electron chi connectivity index (χ4n) is 3.68. The van der Waals surface area contributed by atoms with Crippen molar-refractivity contribution in [3.05, 3.63) is 60.7 Å². The van der Waals surface area contributed by atoms with E-state index in [0.717, 1.165) is 21.5 Å². The Morgan fingerprint density at radius 1 is 0.545 bits per heavy atom. The van der Waals surface area contributed by atoms with Crippen LogP contribution in [0.2, 0.25) is 0 Å². The summed E-state index contributed by atoms with van der Waals surface area (Å²) in [6.07, 6.45) is 0. The van der Waals surface area contributed by atoms with E-state index in [-0.39, 0.29) is 11.5 Å². The monoisotopic (exact) mass is 284 g/mol. The summed E-state index contributed by atoms with van der Waals surface area (Å²) in [5, 5.41) is 28.8. The Balaban J connectivity index is 2.29. The summed E-state index contributed by atoms with van der Waals surface area (Å²) in [5.41, 5.74) is 0. The van der Waals surface area contributed by atoms with Crippen molar-refractivity contribution in [3.63, 3.8) is 0 Å². The lowest BCUT2D eigenvalue weighted by atomic mass is 9.89. The molecule has 0 bridgehead atoms. The van der Waals surface area contributed by atoms with Gasteiger partial charge in [-0.25, -0.2) is 0 Å². The lowest BCUT2D eigenvalue weighted by Crippen LogP contribution is -1.87. The highest BCUT2D eigenvalue weighted by molar-refractivity contribution is 6.33. The lowest BCUT2D eigenvalue weighted by Gasteiger charge is -2.15. The zero-order valence-electron chi connectivity index (χ0n) is 11.7. The molecular weight excluding hydrogens is 272 g/mol. The summed E-state index contributed by atoms with van der Waals surface area (Å²) in [6, 6.07) is 20.0. The van der Waals surface area contributed by atoms with E-state index in [0.29, 0.717) is 5.39 Å². The van der Waals surface area contributed by atoms with Crippen LogP contribution < -0.4 is 0 Å². The fourth-order valence-corrected chi connectivity index (χ4v) is 3.68. The summed E-state index contributed by atoms with van der Waals surface area (Å²) in [7, 11) is 0. The first-order chi connectivity index (χ1) is 10.8. The molecule has 22 heavy (non-hydrogen) atoms. The van der Waals surface area contributed by atoms with Gasteiger partial charge in [-0.1, -0.05) is 54.6 Å². The first-order valence-corrected chi connectivity index (χ1v) is 7.26. The third kappa shape index (κ3) is 1.25. The van der Waals surface area contributed by atoms with Crippen LogP contribution in [0.3, 0.4) is 0 Å². The lowest BCUT2D eigenvalue weighted by molar-refractivity contribution is 0.409. The molecule has 2 heteroatoms. The SMILES string of the molecule is Oc1cc2c3cccc4cccc(c5cccc(c1O)c52)c43. The summed E-state index contributed by atoms with van der Waals surface area (Å²) in [4.78, 5) is 0. The number of aromatic hydroxyl groups is 2. The van der Waals surface area contributed by atoms with E-state index < -0.39 is 0 Å². The molecular formula is C20H12O2. The van der Waals surface area contributed by atoms with E-state index in [1.165, 1.54) is 16.2 Å². The van der Waals surface area contributed by atoms with E-state index in [1.807, 2.05) is 18.2 Å². The highest BCUT2D eigenvalue weighted by Gasteiger charge is 2.16. The molecule has 0 heterocycles. The number of phenols is 2. The summed E-state index contributed by atoms with van der Waals surface area (Å²) < 4.78 is 0. The van der Waals surface area contributed by atoms with E-state index >= 15 is 0 Å². The van der Waals surface area contributed by atoms with E-state index in [1.54, 1.807) is 6.07 Å². The van der Waals surface area contributed by atoms with Crippen molar-refractivity contribution in [2.45, 2.75) is 0 Å². The van der Waals surface area contributed by atoms with E-state index in [2.05, 4.69) is 36.4 Å². The van der Waals surface area contributed by atoms with Gasteiger partial charge in [-0.3, -0.25) is 0 Å². The average molecular weight is 284 g/mol. The molecule has 5 aromatic rings. The molecule has 0 aliphatic carbocycles. The van der Waals surface area contributed by atoms with Crippen molar-refractivity contribution in [3.8, 4) is 11.5 Å². The van der Waals surface area contributed by atoms with Crippen molar-refractivity contribution in [2.75, 3.05) is 0 Å². The molecule has 2 nitrogen and oxygen atoms in total. The van der Waals surface area contributed by atoms with Crippen LogP contribution in [0.15, 0.2) is 60.7 Å². The van der Waals surface area contributed by atoms with Crippen molar-refractivity contribution < 1.29 is 10.2 Å². The zero-order valence-corrected chi connectivity index (χ0v) is 11.7. The Morgan fingerprint density at radius 3 is 1.82 bits per heavy atom. The summed E-state index contributed by atoms with van der Waals surface area (Å²) in [6.45, 7) is 0. The Kier molecular flexibility index (Phi) is 2.01. The van der Waals surface area contributed by atoms with Crippen molar-refractivity contribution in [1.82, 2.24) is 0 Å². The van der Waals surface area contributed by atoms with Crippen LogP contribution in [-0.2, 0) is 0 Å². The predicted octanol–water partition coefficient (Wildman–Crippen LogP) is 5.15. The van der Waals surface area contributed by atoms with Crippen LogP contribution in [0.1, 0.15) is 0 Å². The predicted molar refractivity (Wildman–Crippen MR) is 91.0 cm³/mol. The van der Waals surface area contributed by atoms with Gasteiger partial charge in [0.15, 0.2) is 11.5 Å². The van der Waals surface area contributed by atoms with Gasteiger partial charge in [-0.15, -0.1) is 0 Å². The largest absolute Gasteiger partial charge is 0.504 e. The van der Waals surface area contributed by atoms with Gasteiger partial charge in [0.05, 0.1) is 0 Å². The number of fused-ring (bicyclic) bond motifs is 2. The maximum Gasteiger partial charge on any atom is 0.165 e. The van der Waals surface area contributed by atoms with Gasteiger partial charge >= 0.3 is 0 Å². The van der Waals surface area contributed by atoms with Crippen LogP contribution in [0.5, 0.6) is 11.5 Å². The van der Waals surface area contributed by atoms with Crippen molar-refractivity contribution >= 4 is 43.1 Å². The van der Waals surface area contributed by atoms with Gasteiger partial charge in [0.2, 0.25) is 0 Å². The second-order valence-corrected chi connectivity index (χ2v) is 5.73. The minimum Gasteiger partial charge on any atom is -0.504 e. The summed E-state index contributed by atoms with van der Waals surface area (Å²) >= 11 is 0. The molecule has 0 radical (unpaired) electrons. The van der Waals surface area contributed by atoms with Crippen molar-refractivity contribution in [2.24, 2.45) is 0 Å². The molecule has 2 N–H and O–H groups in total. The number of benzene rings is 5. The Bertz CT molecular complexity index is 1180. The molecule has 0 spiro atoms. The molecule has 0 unspecified atom stereocenters. The first kappa shape index (κ1) is 11.6. The smallest absolute Gasteiger partial charge is 0.165 e. The molecule has 5 aromatic carbocycles. The van der Waals surface area contributed by atoms with Crippen LogP contribution >= 0.6 is 0 Å². The molecule has 0 fully saturated rings. The van der Waals surface area contributed by atoms with Gasteiger partial charge < -0.3 is 10.2 Å². The van der Waals surface area contributed by atoms with Gasteiger partial charge in [-0.05, 0) is 38.4 Å². The minimum absolute atomic E-state index is 0.0489. The average Bonchev–Trinajstić information content (AvgIpc) is 2.56. The Hall–Kier alpha value is -3.00. The maximum atomic E-state index is 10.2. The van der Waals surface area contributed by atoms with Crippen LogP contribution in [-0.4, -0.2) is 10.2 Å². The van der Waals surface area contributed by atoms with Crippen LogP contribution in [0, 0.1) is 0 Å². The molecule has 0 aliphatic heterocycles. The topological polar surface area (TPSA) is 40.5 Å². The molecule has 0 atom stereocenters. The molecule has 0 aliphatic rings. The second-order valence-electron chi connectivity index (χ2n) is 5.73. The standard InChI is InChI=1S/C20H12O2/c21-17-10-16-14-7-2-5-11-4-1-6-12(18(11)14)13-8-3-9-15(19(13)16)20(17)22/h1-10,21-22H. The van der Waals surface area contributed by atoms with E-state index in [9.17, 15) is 10.2 Å². The van der Waals surface area contributed by atoms with Gasteiger partial charge in [0.1, 0.15) is 0 Å². The summed E-state index contributed by atoms with van der Waals surface area (Å²) in [5.74, 6) is -0.122. The highest BCUT2D eigenvalue weighted by atomic mass is 16.3. The number of rotatable bonds is 0. The number of hydrogen-bond donors (Lipinski definition) is 2. The Labute approximate surface area is 126 Å². The number of phenolic OH excluding ortho intramolecular Hbond substituents is 2. The molecule has 0 saturated carbocycles. The van der Waals surface area contributed by atoms with Gasteiger partial charge in [-0.2, -0.15) is 0 Å². The second kappa shape index (κ2) is 3.80. The van der Waals surface area contributed by atoms with Crippen LogP contribution in [0.25, 0.3) is 43.1 Å².